The first-order valence-corrected chi connectivity index (χ1v) is 10.3. The standard InChI is InChI=1S/C24H25NO5/c1-2-30-19-13-9-16(10-14-19)22(27)20-21(15-7-11-18(26)12-8-15)25(24(29)23(20)28)17-5-3-4-6-17/h7-14,17,21,26-27H,2-6H2,1H3/b22-20-. The second-order valence-electron chi connectivity index (χ2n) is 7.69. The predicted octanol–water partition coefficient (Wildman–Crippen LogP) is 4.16. The number of carbonyl (C=O) groups excluding carboxylic acids is 2. The summed E-state index contributed by atoms with van der Waals surface area (Å²) in [5, 5.41) is 20.7. The zero-order valence-electron chi connectivity index (χ0n) is 16.9. The van der Waals surface area contributed by atoms with E-state index in [0.717, 1.165) is 25.7 Å². The molecule has 1 aliphatic carbocycles. The smallest absolute Gasteiger partial charge is 0.295 e. The van der Waals surface area contributed by atoms with Crippen LogP contribution in [0.25, 0.3) is 5.76 Å². The van der Waals surface area contributed by atoms with E-state index in [0.29, 0.717) is 23.5 Å². The van der Waals surface area contributed by atoms with Crippen LogP contribution >= 0.6 is 0 Å². The molecular weight excluding hydrogens is 382 g/mol. The minimum Gasteiger partial charge on any atom is -0.508 e. The molecule has 0 bridgehead atoms. The molecule has 0 radical (unpaired) electrons. The lowest BCUT2D eigenvalue weighted by Gasteiger charge is -2.30. The first-order chi connectivity index (χ1) is 14.5. The van der Waals surface area contributed by atoms with Gasteiger partial charge in [0, 0.05) is 11.6 Å². The fourth-order valence-electron chi connectivity index (χ4n) is 4.42. The molecule has 2 aromatic rings. The van der Waals surface area contributed by atoms with Gasteiger partial charge >= 0.3 is 0 Å². The maximum absolute atomic E-state index is 13.0. The zero-order valence-corrected chi connectivity index (χ0v) is 16.9. The topological polar surface area (TPSA) is 87.1 Å². The SMILES string of the molecule is CCOc1ccc(/C(O)=C2/C(=O)C(=O)N(C3CCCC3)C2c2ccc(O)cc2)cc1. The Morgan fingerprint density at radius 1 is 1.03 bits per heavy atom. The van der Waals surface area contributed by atoms with Crippen LogP contribution in [-0.4, -0.2) is 39.5 Å². The Bertz CT molecular complexity index is 972. The van der Waals surface area contributed by atoms with Gasteiger partial charge in [-0.2, -0.15) is 0 Å². The third-order valence-corrected chi connectivity index (χ3v) is 5.85. The van der Waals surface area contributed by atoms with Gasteiger partial charge in [0.1, 0.15) is 17.3 Å². The second kappa shape index (κ2) is 8.22. The van der Waals surface area contributed by atoms with Crippen LogP contribution in [0.1, 0.15) is 49.8 Å². The third-order valence-electron chi connectivity index (χ3n) is 5.85. The predicted molar refractivity (Wildman–Crippen MR) is 112 cm³/mol. The highest BCUT2D eigenvalue weighted by atomic mass is 16.5. The number of aliphatic hydroxyl groups is 1. The van der Waals surface area contributed by atoms with E-state index in [1.165, 1.54) is 12.1 Å². The molecule has 1 heterocycles. The van der Waals surface area contributed by atoms with E-state index in [4.69, 9.17) is 4.74 Å². The molecule has 4 rings (SSSR count). The first kappa shape index (κ1) is 20.0. The summed E-state index contributed by atoms with van der Waals surface area (Å²) >= 11 is 0. The van der Waals surface area contributed by atoms with Crippen molar-refractivity contribution < 1.29 is 24.5 Å². The van der Waals surface area contributed by atoms with E-state index >= 15 is 0 Å². The maximum atomic E-state index is 13.0. The van der Waals surface area contributed by atoms with E-state index in [9.17, 15) is 19.8 Å². The molecule has 1 amide bonds. The van der Waals surface area contributed by atoms with Crippen LogP contribution in [0.5, 0.6) is 11.5 Å². The summed E-state index contributed by atoms with van der Waals surface area (Å²) in [5.41, 5.74) is 1.22. The van der Waals surface area contributed by atoms with Crippen LogP contribution in [-0.2, 0) is 9.59 Å². The Labute approximate surface area is 175 Å². The highest BCUT2D eigenvalue weighted by Crippen LogP contribution is 2.43. The number of rotatable bonds is 5. The number of ketones is 1. The van der Waals surface area contributed by atoms with Crippen molar-refractivity contribution in [2.75, 3.05) is 6.61 Å². The first-order valence-electron chi connectivity index (χ1n) is 10.3. The van der Waals surface area contributed by atoms with Crippen molar-refractivity contribution in [3.63, 3.8) is 0 Å². The number of amides is 1. The van der Waals surface area contributed by atoms with Gasteiger partial charge in [0.15, 0.2) is 0 Å². The number of benzene rings is 2. The van der Waals surface area contributed by atoms with Crippen molar-refractivity contribution in [1.82, 2.24) is 4.90 Å². The lowest BCUT2D eigenvalue weighted by molar-refractivity contribution is -0.141. The van der Waals surface area contributed by atoms with Crippen LogP contribution in [0.3, 0.4) is 0 Å². The molecule has 6 heteroatoms. The number of hydrogen-bond acceptors (Lipinski definition) is 5. The lowest BCUT2D eigenvalue weighted by atomic mass is 9.94. The number of Topliss-reactive ketones (excluding diaryl/α,β-unsaturated/α-hetero) is 1. The van der Waals surface area contributed by atoms with Gasteiger partial charge in [-0.15, -0.1) is 0 Å². The Kier molecular flexibility index (Phi) is 5.48. The summed E-state index contributed by atoms with van der Waals surface area (Å²) in [4.78, 5) is 27.6. The summed E-state index contributed by atoms with van der Waals surface area (Å²) < 4.78 is 5.44. The zero-order chi connectivity index (χ0) is 21.3. The van der Waals surface area contributed by atoms with Gasteiger partial charge in [-0.1, -0.05) is 25.0 Å². The second-order valence-corrected chi connectivity index (χ2v) is 7.69. The van der Waals surface area contributed by atoms with Gasteiger partial charge in [0.2, 0.25) is 0 Å². The van der Waals surface area contributed by atoms with Gasteiger partial charge in [-0.25, -0.2) is 0 Å². The van der Waals surface area contributed by atoms with Crippen molar-refractivity contribution in [2.24, 2.45) is 0 Å². The molecule has 0 aromatic heterocycles. The van der Waals surface area contributed by atoms with Gasteiger partial charge < -0.3 is 19.8 Å². The van der Waals surface area contributed by atoms with Gasteiger partial charge in [-0.3, -0.25) is 9.59 Å². The number of carbonyl (C=O) groups is 2. The number of aromatic hydroxyl groups is 1. The molecule has 1 saturated carbocycles. The van der Waals surface area contributed by atoms with E-state index in [1.807, 2.05) is 6.92 Å². The van der Waals surface area contributed by atoms with Crippen LogP contribution in [0.2, 0.25) is 0 Å². The Balaban J connectivity index is 1.82. The average Bonchev–Trinajstić information content (AvgIpc) is 3.36. The molecule has 2 N–H and O–H groups in total. The van der Waals surface area contributed by atoms with E-state index in [1.54, 1.807) is 41.3 Å². The van der Waals surface area contributed by atoms with Crippen LogP contribution in [0.15, 0.2) is 54.1 Å². The summed E-state index contributed by atoms with van der Waals surface area (Å²) in [6.45, 7) is 2.41. The lowest BCUT2D eigenvalue weighted by Crippen LogP contribution is -2.37. The number of phenolic OH excluding ortho intramolecular Hbond substituents is 1. The monoisotopic (exact) mass is 407 g/mol. The average molecular weight is 407 g/mol. The number of aliphatic hydroxyl groups excluding tert-OH is 1. The number of ether oxygens (including phenoxy) is 1. The third kappa shape index (κ3) is 3.54. The molecule has 156 valence electrons. The normalized spacial score (nSPS) is 21.4. The van der Waals surface area contributed by atoms with Crippen molar-refractivity contribution in [2.45, 2.75) is 44.7 Å². The molecule has 1 aliphatic heterocycles. The Hall–Kier alpha value is -3.28. The number of likely N-dealkylation sites (tertiary alicyclic amines) is 1. The summed E-state index contributed by atoms with van der Waals surface area (Å²) in [5.74, 6) is -0.688. The minimum atomic E-state index is -0.680. The van der Waals surface area contributed by atoms with Gasteiger partial charge in [0.05, 0.1) is 18.2 Å². The van der Waals surface area contributed by atoms with Crippen molar-refractivity contribution >= 4 is 17.4 Å². The quantitative estimate of drug-likeness (QED) is 0.442. The van der Waals surface area contributed by atoms with E-state index < -0.39 is 17.7 Å². The van der Waals surface area contributed by atoms with Gasteiger partial charge in [-0.05, 0) is 61.7 Å². The fraction of sp³-hybridized carbons (Fsp3) is 0.333. The highest BCUT2D eigenvalue weighted by Gasteiger charge is 2.49. The molecule has 2 fully saturated rings. The summed E-state index contributed by atoms with van der Waals surface area (Å²) in [6.07, 6.45) is 3.69. The van der Waals surface area contributed by atoms with Crippen LogP contribution in [0.4, 0.5) is 0 Å². The van der Waals surface area contributed by atoms with Crippen molar-refractivity contribution in [3.8, 4) is 11.5 Å². The number of phenols is 1. The summed E-state index contributed by atoms with van der Waals surface area (Å²) in [7, 11) is 0. The molecule has 1 atom stereocenters. The largest absolute Gasteiger partial charge is 0.508 e. The van der Waals surface area contributed by atoms with Gasteiger partial charge in [0.25, 0.3) is 11.7 Å². The Morgan fingerprint density at radius 3 is 2.27 bits per heavy atom. The maximum Gasteiger partial charge on any atom is 0.295 e. The van der Waals surface area contributed by atoms with E-state index in [2.05, 4.69) is 0 Å². The van der Waals surface area contributed by atoms with Crippen molar-refractivity contribution in [3.05, 3.63) is 65.2 Å². The molecule has 6 nitrogen and oxygen atoms in total. The molecule has 0 spiro atoms. The molecule has 2 aromatic carbocycles. The number of nitrogens with zero attached hydrogens (tertiary/aromatic N) is 1. The number of hydrogen-bond donors (Lipinski definition) is 2. The minimum absolute atomic E-state index is 0.0362. The summed E-state index contributed by atoms with van der Waals surface area (Å²) in [6, 6.07) is 12.5. The molecule has 30 heavy (non-hydrogen) atoms. The molecule has 1 unspecified atom stereocenters. The van der Waals surface area contributed by atoms with Crippen LogP contribution < -0.4 is 4.74 Å². The molecule has 1 saturated heterocycles. The molecular formula is C24H25NO5. The van der Waals surface area contributed by atoms with E-state index in [-0.39, 0.29) is 23.1 Å². The van der Waals surface area contributed by atoms with Crippen molar-refractivity contribution in [1.29, 1.82) is 0 Å². The Morgan fingerprint density at radius 2 is 1.67 bits per heavy atom. The van der Waals surface area contributed by atoms with Crippen LogP contribution in [0, 0.1) is 0 Å². The molecule has 2 aliphatic rings. The highest BCUT2D eigenvalue weighted by molar-refractivity contribution is 6.46. The fourth-order valence-corrected chi connectivity index (χ4v) is 4.42.